The molecule has 2 amide bonds. The average molecular weight is 491 g/mol. The van der Waals surface area contributed by atoms with E-state index in [1.165, 1.54) is 12.8 Å². The van der Waals surface area contributed by atoms with Gasteiger partial charge in [0, 0.05) is 47.2 Å². The van der Waals surface area contributed by atoms with Gasteiger partial charge in [0.1, 0.15) is 0 Å². The summed E-state index contributed by atoms with van der Waals surface area (Å²) in [5.41, 5.74) is 2.49. The number of carbonyl (C=O) groups excluding carboxylic acids is 2. The molecule has 2 aromatic carbocycles. The maximum absolute atomic E-state index is 12.9. The van der Waals surface area contributed by atoms with E-state index >= 15 is 0 Å². The molecule has 2 aliphatic rings. The summed E-state index contributed by atoms with van der Waals surface area (Å²) < 4.78 is 0.948. The fourth-order valence-corrected chi connectivity index (χ4v) is 4.63. The van der Waals surface area contributed by atoms with Crippen molar-refractivity contribution in [3.05, 3.63) is 57.5 Å². The summed E-state index contributed by atoms with van der Waals surface area (Å²) in [5, 5.41) is 3.72. The minimum Gasteiger partial charge on any atom is -0.370 e. The molecule has 2 aliphatic heterocycles. The number of halogens is 2. The molecule has 0 radical (unpaired) electrons. The number of nitrogens with one attached hydrogen (secondary N) is 1. The predicted octanol–water partition coefficient (Wildman–Crippen LogP) is 5.19. The number of nitrogens with zero attached hydrogens (tertiary/aromatic N) is 2. The lowest BCUT2D eigenvalue weighted by atomic mass is 9.95. The molecule has 0 atom stereocenters. The van der Waals surface area contributed by atoms with Crippen molar-refractivity contribution in [1.82, 2.24) is 4.90 Å². The fourth-order valence-electron chi connectivity index (χ4n) is 4.20. The van der Waals surface area contributed by atoms with Gasteiger partial charge >= 0.3 is 0 Å². The molecule has 0 aliphatic carbocycles. The highest BCUT2D eigenvalue weighted by Crippen LogP contribution is 2.32. The Morgan fingerprint density at radius 1 is 0.967 bits per heavy atom. The first-order valence-electron chi connectivity index (χ1n) is 10.4. The first-order chi connectivity index (χ1) is 14.5. The molecule has 2 fully saturated rings. The van der Waals surface area contributed by atoms with Crippen LogP contribution >= 0.6 is 27.5 Å². The van der Waals surface area contributed by atoms with Gasteiger partial charge in [-0.15, -0.1) is 0 Å². The molecule has 2 saturated heterocycles. The number of amides is 2. The van der Waals surface area contributed by atoms with Crippen LogP contribution in [0, 0.1) is 5.92 Å². The molecule has 0 bridgehead atoms. The Hall–Kier alpha value is -2.05. The van der Waals surface area contributed by atoms with Crippen molar-refractivity contribution in [2.45, 2.75) is 25.7 Å². The average Bonchev–Trinajstić information content (AvgIpc) is 3.28. The predicted molar refractivity (Wildman–Crippen MR) is 124 cm³/mol. The van der Waals surface area contributed by atoms with E-state index in [-0.39, 0.29) is 17.7 Å². The maximum Gasteiger partial charge on any atom is 0.253 e. The highest BCUT2D eigenvalue weighted by Gasteiger charge is 2.28. The number of hydrogen-bond donors (Lipinski definition) is 1. The van der Waals surface area contributed by atoms with E-state index in [4.69, 9.17) is 11.6 Å². The van der Waals surface area contributed by atoms with Gasteiger partial charge in [-0.2, -0.15) is 0 Å². The molecule has 2 heterocycles. The van der Waals surface area contributed by atoms with Crippen molar-refractivity contribution in [3.8, 4) is 0 Å². The van der Waals surface area contributed by atoms with E-state index in [9.17, 15) is 9.59 Å². The summed E-state index contributed by atoms with van der Waals surface area (Å²) in [5.74, 6) is -0.0784. The topological polar surface area (TPSA) is 52.7 Å². The van der Waals surface area contributed by atoms with Crippen molar-refractivity contribution >= 4 is 50.7 Å². The minimum atomic E-state index is -0.107. The van der Waals surface area contributed by atoms with Gasteiger partial charge in [-0.3, -0.25) is 9.59 Å². The normalized spacial score (nSPS) is 17.3. The second-order valence-electron chi connectivity index (χ2n) is 7.92. The molecular formula is C23H25BrClN3O2. The van der Waals surface area contributed by atoms with Crippen LogP contribution in [0.4, 0.5) is 11.4 Å². The largest absolute Gasteiger partial charge is 0.370 e. The van der Waals surface area contributed by atoms with Crippen LogP contribution in [0.25, 0.3) is 0 Å². The second-order valence-corrected chi connectivity index (χ2v) is 9.27. The van der Waals surface area contributed by atoms with Gasteiger partial charge < -0.3 is 15.1 Å². The fraction of sp³-hybridized carbons (Fsp3) is 0.391. The Balaban J connectivity index is 1.37. The number of anilines is 2. The SMILES string of the molecule is O=C(Nc1cc(Cl)ccc1N1CCCC1)C1CCN(C(=O)c2ccc(Br)cc2)CC1. The summed E-state index contributed by atoms with van der Waals surface area (Å²) in [4.78, 5) is 29.8. The standard InChI is InChI=1S/C23H25BrClN3O2/c24-18-5-3-17(4-6-18)23(30)28-13-9-16(10-14-28)22(29)26-20-15-19(25)7-8-21(20)27-11-1-2-12-27/h3-8,15-16H,1-2,9-14H2,(H,26,29). The van der Waals surface area contributed by atoms with Gasteiger partial charge in [0.15, 0.2) is 0 Å². The Morgan fingerprint density at radius 3 is 2.30 bits per heavy atom. The molecule has 0 aromatic heterocycles. The monoisotopic (exact) mass is 489 g/mol. The summed E-state index contributed by atoms with van der Waals surface area (Å²) in [6, 6.07) is 13.1. The molecule has 30 heavy (non-hydrogen) atoms. The highest BCUT2D eigenvalue weighted by atomic mass is 79.9. The smallest absolute Gasteiger partial charge is 0.253 e. The molecule has 0 spiro atoms. The zero-order valence-corrected chi connectivity index (χ0v) is 19.1. The summed E-state index contributed by atoms with van der Waals surface area (Å²) >= 11 is 9.59. The lowest BCUT2D eigenvalue weighted by Gasteiger charge is -2.32. The molecule has 2 aromatic rings. The van der Waals surface area contributed by atoms with E-state index in [0.29, 0.717) is 36.5 Å². The van der Waals surface area contributed by atoms with E-state index in [1.807, 2.05) is 47.4 Å². The van der Waals surface area contributed by atoms with Crippen LogP contribution in [0.1, 0.15) is 36.0 Å². The molecule has 0 unspecified atom stereocenters. The highest BCUT2D eigenvalue weighted by molar-refractivity contribution is 9.10. The van der Waals surface area contributed by atoms with Gasteiger partial charge in [-0.25, -0.2) is 0 Å². The number of hydrogen-bond acceptors (Lipinski definition) is 3. The molecule has 5 nitrogen and oxygen atoms in total. The number of carbonyl (C=O) groups is 2. The van der Waals surface area contributed by atoms with Crippen LogP contribution in [-0.4, -0.2) is 42.9 Å². The zero-order valence-electron chi connectivity index (χ0n) is 16.7. The molecule has 158 valence electrons. The van der Waals surface area contributed by atoms with Gasteiger partial charge in [0.25, 0.3) is 5.91 Å². The van der Waals surface area contributed by atoms with E-state index in [1.54, 1.807) is 0 Å². The minimum absolute atomic E-state index is 0.00783. The van der Waals surface area contributed by atoms with Crippen LogP contribution < -0.4 is 10.2 Å². The van der Waals surface area contributed by atoms with Gasteiger partial charge in [0.05, 0.1) is 11.4 Å². The van der Waals surface area contributed by atoms with Crippen LogP contribution in [0.5, 0.6) is 0 Å². The molecule has 7 heteroatoms. The van der Waals surface area contributed by atoms with Crippen molar-refractivity contribution < 1.29 is 9.59 Å². The zero-order chi connectivity index (χ0) is 21.1. The molecule has 1 N–H and O–H groups in total. The second kappa shape index (κ2) is 9.40. The first-order valence-corrected chi connectivity index (χ1v) is 11.6. The van der Waals surface area contributed by atoms with Gasteiger partial charge in [-0.05, 0) is 68.1 Å². The Morgan fingerprint density at radius 2 is 1.63 bits per heavy atom. The van der Waals surface area contributed by atoms with Gasteiger partial charge in [-0.1, -0.05) is 27.5 Å². The van der Waals surface area contributed by atoms with Crippen LogP contribution in [-0.2, 0) is 4.79 Å². The van der Waals surface area contributed by atoms with Crippen molar-refractivity contribution in [3.63, 3.8) is 0 Å². The number of likely N-dealkylation sites (tertiary alicyclic amines) is 1. The van der Waals surface area contributed by atoms with Gasteiger partial charge in [0.2, 0.25) is 5.91 Å². The van der Waals surface area contributed by atoms with Crippen LogP contribution in [0.3, 0.4) is 0 Å². The van der Waals surface area contributed by atoms with Crippen molar-refractivity contribution in [2.24, 2.45) is 5.92 Å². The van der Waals surface area contributed by atoms with E-state index in [0.717, 1.165) is 28.9 Å². The van der Waals surface area contributed by atoms with E-state index < -0.39 is 0 Å². The molecular weight excluding hydrogens is 466 g/mol. The third kappa shape index (κ3) is 4.81. The quantitative estimate of drug-likeness (QED) is 0.641. The number of benzene rings is 2. The Kier molecular flexibility index (Phi) is 6.64. The summed E-state index contributed by atoms with van der Waals surface area (Å²) in [6.07, 6.45) is 3.66. The van der Waals surface area contributed by atoms with Crippen LogP contribution in [0.2, 0.25) is 5.02 Å². The number of rotatable bonds is 4. The lowest BCUT2D eigenvalue weighted by Crippen LogP contribution is -2.41. The third-order valence-corrected chi connectivity index (χ3v) is 6.67. The van der Waals surface area contributed by atoms with Crippen molar-refractivity contribution in [2.75, 3.05) is 36.4 Å². The molecule has 0 saturated carbocycles. The third-order valence-electron chi connectivity index (χ3n) is 5.91. The Bertz CT molecular complexity index is 921. The maximum atomic E-state index is 12.9. The van der Waals surface area contributed by atoms with Crippen molar-refractivity contribution in [1.29, 1.82) is 0 Å². The lowest BCUT2D eigenvalue weighted by molar-refractivity contribution is -0.121. The summed E-state index contributed by atoms with van der Waals surface area (Å²) in [6.45, 7) is 3.17. The first kappa shape index (κ1) is 21.2. The molecule has 4 rings (SSSR count). The Labute approximate surface area is 190 Å². The summed E-state index contributed by atoms with van der Waals surface area (Å²) in [7, 11) is 0. The number of piperidine rings is 1. The van der Waals surface area contributed by atoms with Crippen LogP contribution in [0.15, 0.2) is 46.9 Å². The van der Waals surface area contributed by atoms with E-state index in [2.05, 4.69) is 26.1 Å².